The molecule has 3 aromatic rings. The van der Waals surface area contributed by atoms with E-state index in [9.17, 15) is 13.2 Å². The number of carbonyl (C=O) groups excluding carboxylic acids is 1. The maximum Gasteiger partial charge on any atom is 0.185 e. The molecule has 4 nitrogen and oxygen atoms in total. The van der Waals surface area contributed by atoms with E-state index in [0.29, 0.717) is 5.56 Å². The average Bonchev–Trinajstić information content (AvgIpc) is 2.91. The molecule has 2 aromatic carbocycles. The van der Waals surface area contributed by atoms with E-state index in [4.69, 9.17) is 0 Å². The fourth-order valence-corrected chi connectivity index (χ4v) is 4.34. The van der Waals surface area contributed by atoms with Crippen molar-refractivity contribution in [2.24, 2.45) is 0 Å². The Bertz CT molecular complexity index is 1050. The molecule has 0 radical (unpaired) electrons. The molecule has 0 atom stereocenters. The molecule has 5 heteroatoms. The number of benzene rings is 2. The third-order valence-electron chi connectivity index (χ3n) is 4.45. The molecule has 0 N–H and O–H groups in total. The van der Waals surface area contributed by atoms with Crippen LogP contribution in [0.15, 0.2) is 65.6 Å². The predicted octanol–water partition coefficient (Wildman–Crippen LogP) is 4.06. The molecule has 26 heavy (non-hydrogen) atoms. The van der Waals surface area contributed by atoms with Crippen LogP contribution in [-0.4, -0.2) is 24.5 Å². The Morgan fingerprint density at radius 3 is 2.15 bits per heavy atom. The normalized spacial score (nSPS) is 11.5. The minimum Gasteiger partial charge on any atom is -0.318 e. The van der Waals surface area contributed by atoms with Crippen molar-refractivity contribution < 1.29 is 13.2 Å². The van der Waals surface area contributed by atoms with Gasteiger partial charge in [0.05, 0.1) is 4.90 Å². The van der Waals surface area contributed by atoms with Crippen molar-refractivity contribution >= 4 is 15.6 Å². The summed E-state index contributed by atoms with van der Waals surface area (Å²) in [4.78, 5) is 12.9. The van der Waals surface area contributed by atoms with Gasteiger partial charge < -0.3 is 4.57 Å². The Labute approximate surface area is 154 Å². The number of sulfone groups is 1. The number of nitrogens with zero attached hydrogens (tertiary/aromatic N) is 1. The Balaban J connectivity index is 1.94. The molecule has 0 aliphatic heterocycles. The first-order valence-corrected chi connectivity index (χ1v) is 10.0. The molecule has 0 aliphatic carbocycles. The van der Waals surface area contributed by atoms with Crippen molar-refractivity contribution in [2.75, 3.05) is 5.75 Å². The van der Waals surface area contributed by atoms with E-state index in [2.05, 4.69) is 0 Å². The molecule has 0 unspecified atom stereocenters. The molecule has 0 fully saturated rings. The molecule has 0 aliphatic rings. The van der Waals surface area contributed by atoms with Crippen LogP contribution in [0.2, 0.25) is 0 Å². The van der Waals surface area contributed by atoms with Crippen LogP contribution in [0.3, 0.4) is 0 Å². The smallest absolute Gasteiger partial charge is 0.185 e. The van der Waals surface area contributed by atoms with Crippen molar-refractivity contribution in [2.45, 2.75) is 25.7 Å². The first-order chi connectivity index (χ1) is 12.3. The summed E-state index contributed by atoms with van der Waals surface area (Å²) in [5.41, 5.74) is 4.20. The third kappa shape index (κ3) is 3.48. The quantitative estimate of drug-likeness (QED) is 0.639. The van der Waals surface area contributed by atoms with E-state index in [1.807, 2.05) is 49.6 Å². The predicted molar refractivity (Wildman–Crippen MR) is 103 cm³/mol. The molecule has 0 saturated heterocycles. The van der Waals surface area contributed by atoms with Crippen LogP contribution in [0, 0.1) is 20.8 Å². The zero-order chi connectivity index (χ0) is 18.9. The lowest BCUT2D eigenvalue weighted by molar-refractivity contribution is 0.102. The van der Waals surface area contributed by atoms with E-state index in [1.54, 1.807) is 24.3 Å². The fraction of sp³-hybridized carbons (Fsp3) is 0.190. The largest absolute Gasteiger partial charge is 0.318 e. The lowest BCUT2D eigenvalue weighted by atomic mass is 10.2. The maximum absolute atomic E-state index is 12.7. The molecular formula is C21H21NO3S. The first-order valence-electron chi connectivity index (χ1n) is 8.36. The second-order valence-corrected chi connectivity index (χ2v) is 8.44. The number of rotatable bonds is 5. The highest BCUT2D eigenvalue weighted by Crippen LogP contribution is 2.23. The topological polar surface area (TPSA) is 56.1 Å². The van der Waals surface area contributed by atoms with Gasteiger partial charge in [-0.05, 0) is 51.1 Å². The minimum absolute atomic E-state index is 0.167. The summed E-state index contributed by atoms with van der Waals surface area (Å²) >= 11 is 0. The van der Waals surface area contributed by atoms with Crippen molar-refractivity contribution in [3.63, 3.8) is 0 Å². The van der Waals surface area contributed by atoms with Crippen LogP contribution in [0.1, 0.15) is 27.3 Å². The van der Waals surface area contributed by atoms with Crippen LogP contribution >= 0.6 is 0 Å². The lowest BCUT2D eigenvalue weighted by Crippen LogP contribution is -2.17. The number of carbonyl (C=O) groups is 1. The molecule has 0 spiro atoms. The van der Waals surface area contributed by atoms with Crippen molar-refractivity contribution in [1.82, 2.24) is 4.57 Å². The summed E-state index contributed by atoms with van der Waals surface area (Å²) in [5, 5.41) is 0. The Kier molecular flexibility index (Phi) is 4.83. The summed E-state index contributed by atoms with van der Waals surface area (Å²) in [6.07, 6.45) is 0. The SMILES string of the molecule is Cc1ccc(-n2c(C)cc(C(=O)CS(=O)(=O)c3ccccc3)c2C)cc1. The van der Waals surface area contributed by atoms with Gasteiger partial charge in [0, 0.05) is 22.6 Å². The van der Waals surface area contributed by atoms with Crippen LogP contribution in [0.25, 0.3) is 5.69 Å². The molecule has 3 rings (SSSR count). The zero-order valence-electron chi connectivity index (χ0n) is 15.1. The standard InChI is InChI=1S/C21H21NO3S/c1-15-9-11-18(12-10-15)22-16(2)13-20(17(22)3)21(23)14-26(24,25)19-7-5-4-6-8-19/h4-13H,14H2,1-3H3. The van der Waals surface area contributed by atoms with Gasteiger partial charge >= 0.3 is 0 Å². The minimum atomic E-state index is -3.66. The monoisotopic (exact) mass is 367 g/mol. The van der Waals surface area contributed by atoms with Crippen molar-refractivity contribution in [1.29, 1.82) is 0 Å². The summed E-state index contributed by atoms with van der Waals surface area (Å²) in [7, 11) is -3.66. The molecule has 1 heterocycles. The highest BCUT2D eigenvalue weighted by Gasteiger charge is 2.23. The van der Waals surface area contributed by atoms with E-state index < -0.39 is 15.6 Å². The number of hydrogen-bond acceptors (Lipinski definition) is 3. The molecule has 0 amide bonds. The van der Waals surface area contributed by atoms with Gasteiger partial charge in [0.2, 0.25) is 0 Å². The number of aromatic nitrogens is 1. The Morgan fingerprint density at radius 2 is 1.54 bits per heavy atom. The van der Waals surface area contributed by atoms with E-state index >= 15 is 0 Å². The summed E-state index contributed by atoms with van der Waals surface area (Å²) < 4.78 is 27.0. The van der Waals surface area contributed by atoms with Gasteiger partial charge in [-0.15, -0.1) is 0 Å². The molecule has 0 saturated carbocycles. The molecule has 134 valence electrons. The number of hydrogen-bond donors (Lipinski definition) is 0. The van der Waals surface area contributed by atoms with Gasteiger partial charge in [-0.3, -0.25) is 4.79 Å². The van der Waals surface area contributed by atoms with Gasteiger partial charge in [-0.25, -0.2) is 8.42 Å². The molecule has 0 bridgehead atoms. The number of aryl methyl sites for hydroxylation is 2. The van der Waals surface area contributed by atoms with Crippen molar-refractivity contribution in [3.8, 4) is 5.69 Å². The van der Waals surface area contributed by atoms with Crippen LogP contribution < -0.4 is 0 Å². The molecule has 1 aromatic heterocycles. The van der Waals surface area contributed by atoms with Gasteiger partial charge in [0.1, 0.15) is 5.75 Å². The van der Waals surface area contributed by atoms with Crippen molar-refractivity contribution in [3.05, 3.63) is 83.2 Å². The highest BCUT2D eigenvalue weighted by molar-refractivity contribution is 7.92. The summed E-state index contributed by atoms with van der Waals surface area (Å²) in [6.45, 7) is 5.77. The summed E-state index contributed by atoms with van der Waals surface area (Å²) in [5.74, 6) is -0.921. The van der Waals surface area contributed by atoms with E-state index in [0.717, 1.165) is 22.6 Å². The zero-order valence-corrected chi connectivity index (χ0v) is 15.9. The van der Waals surface area contributed by atoms with E-state index in [1.165, 1.54) is 12.1 Å². The first kappa shape index (κ1) is 18.1. The molecular weight excluding hydrogens is 346 g/mol. The third-order valence-corrected chi connectivity index (χ3v) is 6.08. The van der Waals surface area contributed by atoms with Gasteiger partial charge in [0.15, 0.2) is 15.6 Å². The van der Waals surface area contributed by atoms with Crippen LogP contribution in [0.4, 0.5) is 0 Å². The Morgan fingerprint density at radius 1 is 0.923 bits per heavy atom. The van der Waals surface area contributed by atoms with Gasteiger partial charge in [0.25, 0.3) is 0 Å². The lowest BCUT2D eigenvalue weighted by Gasteiger charge is -2.10. The highest BCUT2D eigenvalue weighted by atomic mass is 32.2. The number of ketones is 1. The second-order valence-electron chi connectivity index (χ2n) is 6.45. The van der Waals surface area contributed by atoms with Crippen LogP contribution in [0.5, 0.6) is 0 Å². The second kappa shape index (κ2) is 6.92. The maximum atomic E-state index is 12.7. The summed E-state index contributed by atoms with van der Waals surface area (Å²) in [6, 6.07) is 17.8. The number of Topliss-reactive ketones (excluding diaryl/α,β-unsaturated/α-hetero) is 1. The van der Waals surface area contributed by atoms with Gasteiger partial charge in [-0.2, -0.15) is 0 Å². The fourth-order valence-electron chi connectivity index (χ4n) is 3.10. The average molecular weight is 367 g/mol. The van der Waals surface area contributed by atoms with Crippen LogP contribution in [-0.2, 0) is 9.84 Å². The van der Waals surface area contributed by atoms with Gasteiger partial charge in [-0.1, -0.05) is 35.9 Å². The van der Waals surface area contributed by atoms with E-state index in [-0.39, 0.29) is 10.7 Å². The Hall–Kier alpha value is -2.66.